The summed E-state index contributed by atoms with van der Waals surface area (Å²) in [5, 5.41) is 6.33. The summed E-state index contributed by atoms with van der Waals surface area (Å²) in [4.78, 5) is 13.1. The first-order valence-corrected chi connectivity index (χ1v) is 10.3. The topological polar surface area (TPSA) is 135 Å². The van der Waals surface area contributed by atoms with E-state index in [4.69, 9.17) is 29.4 Å². The molecule has 1 aliphatic rings. The minimum Gasteiger partial charge on any atom is -0.461 e. The smallest absolute Gasteiger partial charge is 0.323 e. The molecule has 0 saturated heterocycles. The summed E-state index contributed by atoms with van der Waals surface area (Å²) in [6.45, 7) is 7.57. The lowest BCUT2D eigenvalue weighted by atomic mass is 10.2. The lowest BCUT2D eigenvalue weighted by Crippen LogP contribution is -2.17. The van der Waals surface area contributed by atoms with Crippen LogP contribution in [0.15, 0.2) is 18.2 Å². The molecule has 1 aromatic heterocycles. The lowest BCUT2D eigenvalue weighted by Gasteiger charge is -2.13. The van der Waals surface area contributed by atoms with Gasteiger partial charge >= 0.3 is 6.01 Å². The van der Waals surface area contributed by atoms with Gasteiger partial charge in [0.2, 0.25) is 18.7 Å². The van der Waals surface area contributed by atoms with Crippen LogP contribution in [0.2, 0.25) is 0 Å². The van der Waals surface area contributed by atoms with E-state index in [1.807, 2.05) is 32.0 Å². The van der Waals surface area contributed by atoms with Gasteiger partial charge < -0.3 is 40.1 Å². The molecule has 2 aromatic rings. The fraction of sp³-hybridized carbons (Fsp3) is 0.550. The summed E-state index contributed by atoms with van der Waals surface area (Å²) >= 11 is 0. The monoisotopic (exact) mass is 434 g/mol. The SMILES string of the molecule is CC(C)Oc1nc(NCCOCCOCCN)nc(NCc2cccc3c2OCO3)n1. The normalized spacial score (nSPS) is 12.3. The first-order chi connectivity index (χ1) is 15.2. The number of nitrogens with two attached hydrogens (primary N) is 1. The molecule has 0 saturated carbocycles. The number of aromatic nitrogens is 3. The van der Waals surface area contributed by atoms with E-state index in [1.54, 1.807) is 0 Å². The van der Waals surface area contributed by atoms with Gasteiger partial charge in [0.05, 0.1) is 32.5 Å². The Hall–Kier alpha value is -2.89. The van der Waals surface area contributed by atoms with E-state index >= 15 is 0 Å². The van der Waals surface area contributed by atoms with Crippen molar-refractivity contribution in [1.82, 2.24) is 15.0 Å². The van der Waals surface area contributed by atoms with E-state index in [-0.39, 0.29) is 18.9 Å². The van der Waals surface area contributed by atoms with Crippen LogP contribution in [-0.2, 0) is 16.0 Å². The van der Waals surface area contributed by atoms with E-state index in [0.717, 1.165) is 17.1 Å². The largest absolute Gasteiger partial charge is 0.461 e. The van der Waals surface area contributed by atoms with Gasteiger partial charge in [-0.2, -0.15) is 15.0 Å². The van der Waals surface area contributed by atoms with Gasteiger partial charge in [0, 0.05) is 25.2 Å². The number of anilines is 2. The van der Waals surface area contributed by atoms with Crippen LogP contribution in [0.3, 0.4) is 0 Å². The molecule has 0 atom stereocenters. The number of nitrogens with one attached hydrogen (secondary N) is 2. The van der Waals surface area contributed by atoms with Crippen molar-refractivity contribution >= 4 is 11.9 Å². The van der Waals surface area contributed by atoms with Gasteiger partial charge in [-0.15, -0.1) is 0 Å². The third-order valence-corrected chi connectivity index (χ3v) is 4.03. The maximum absolute atomic E-state index is 5.66. The standard InChI is InChI=1S/C20H30N6O5/c1-14(2)31-20-25-18(22-7-9-28-11-10-27-8-6-21)24-19(26-20)23-12-15-4-3-5-16-17(15)30-13-29-16/h3-5,14H,6-13,21H2,1-2H3,(H2,22,23,24,25,26). The van der Waals surface area contributed by atoms with Crippen molar-refractivity contribution in [3.8, 4) is 17.5 Å². The average molecular weight is 434 g/mol. The van der Waals surface area contributed by atoms with Crippen molar-refractivity contribution in [2.24, 2.45) is 5.73 Å². The van der Waals surface area contributed by atoms with Gasteiger partial charge in [-0.3, -0.25) is 0 Å². The minimum absolute atomic E-state index is 0.0668. The van der Waals surface area contributed by atoms with Crippen LogP contribution in [0, 0.1) is 0 Å². The Morgan fingerprint density at radius 2 is 1.77 bits per heavy atom. The summed E-state index contributed by atoms with van der Waals surface area (Å²) < 4.78 is 27.4. The molecule has 1 aliphatic heterocycles. The number of para-hydroxylation sites is 1. The van der Waals surface area contributed by atoms with E-state index in [1.165, 1.54) is 0 Å². The molecule has 0 unspecified atom stereocenters. The fourth-order valence-corrected chi connectivity index (χ4v) is 2.72. The maximum Gasteiger partial charge on any atom is 0.323 e. The van der Waals surface area contributed by atoms with Crippen molar-refractivity contribution in [2.75, 3.05) is 56.9 Å². The zero-order chi connectivity index (χ0) is 21.9. The van der Waals surface area contributed by atoms with Gasteiger partial charge in [-0.1, -0.05) is 12.1 Å². The Morgan fingerprint density at radius 3 is 2.55 bits per heavy atom. The van der Waals surface area contributed by atoms with Crippen LogP contribution in [0.4, 0.5) is 11.9 Å². The number of hydrogen-bond acceptors (Lipinski definition) is 11. The fourth-order valence-electron chi connectivity index (χ4n) is 2.72. The van der Waals surface area contributed by atoms with E-state index < -0.39 is 0 Å². The third-order valence-electron chi connectivity index (χ3n) is 4.03. The predicted molar refractivity (Wildman–Crippen MR) is 115 cm³/mol. The Balaban J connectivity index is 1.55. The summed E-state index contributed by atoms with van der Waals surface area (Å²) in [7, 11) is 0. The highest BCUT2D eigenvalue weighted by Gasteiger charge is 2.17. The molecule has 4 N–H and O–H groups in total. The second-order valence-electron chi connectivity index (χ2n) is 6.88. The molecule has 0 bridgehead atoms. The Morgan fingerprint density at radius 1 is 1.00 bits per heavy atom. The number of fused-ring (bicyclic) bond motifs is 1. The maximum atomic E-state index is 5.66. The molecular formula is C20H30N6O5. The van der Waals surface area contributed by atoms with E-state index in [0.29, 0.717) is 58.0 Å². The lowest BCUT2D eigenvalue weighted by molar-refractivity contribution is 0.0547. The molecule has 0 aliphatic carbocycles. The molecule has 31 heavy (non-hydrogen) atoms. The number of benzene rings is 1. The summed E-state index contributed by atoms with van der Waals surface area (Å²) in [5.41, 5.74) is 6.31. The number of rotatable bonds is 14. The highest BCUT2D eigenvalue weighted by atomic mass is 16.7. The first-order valence-electron chi connectivity index (χ1n) is 10.3. The zero-order valence-corrected chi connectivity index (χ0v) is 17.9. The molecule has 2 heterocycles. The molecule has 1 aromatic carbocycles. The molecule has 0 radical (unpaired) electrons. The average Bonchev–Trinajstić information content (AvgIpc) is 3.23. The Bertz CT molecular complexity index is 823. The number of nitrogens with zero attached hydrogens (tertiary/aromatic N) is 3. The van der Waals surface area contributed by atoms with Crippen LogP contribution in [0.25, 0.3) is 0 Å². The second kappa shape index (κ2) is 12.1. The molecule has 0 amide bonds. The van der Waals surface area contributed by atoms with Gasteiger partial charge in [0.25, 0.3) is 0 Å². The van der Waals surface area contributed by atoms with Crippen LogP contribution in [0.5, 0.6) is 17.5 Å². The van der Waals surface area contributed by atoms with E-state index in [2.05, 4.69) is 25.6 Å². The van der Waals surface area contributed by atoms with Crippen molar-refractivity contribution in [2.45, 2.75) is 26.5 Å². The summed E-state index contributed by atoms with van der Waals surface area (Å²) in [6.07, 6.45) is -0.0668. The van der Waals surface area contributed by atoms with Crippen LogP contribution >= 0.6 is 0 Å². The zero-order valence-electron chi connectivity index (χ0n) is 17.9. The first kappa shape index (κ1) is 22.8. The molecule has 170 valence electrons. The quantitative estimate of drug-likeness (QED) is 0.372. The highest BCUT2D eigenvalue weighted by Crippen LogP contribution is 2.35. The van der Waals surface area contributed by atoms with Crippen LogP contribution < -0.4 is 30.6 Å². The van der Waals surface area contributed by atoms with Gasteiger partial charge in [-0.25, -0.2) is 0 Å². The van der Waals surface area contributed by atoms with Gasteiger partial charge in [0.1, 0.15) is 0 Å². The second-order valence-corrected chi connectivity index (χ2v) is 6.88. The highest BCUT2D eigenvalue weighted by molar-refractivity contribution is 5.49. The molecular weight excluding hydrogens is 404 g/mol. The molecule has 3 rings (SSSR count). The molecule has 0 fully saturated rings. The molecule has 0 spiro atoms. The van der Waals surface area contributed by atoms with Crippen molar-refractivity contribution in [1.29, 1.82) is 0 Å². The van der Waals surface area contributed by atoms with Crippen molar-refractivity contribution < 1.29 is 23.7 Å². The van der Waals surface area contributed by atoms with Crippen LogP contribution in [-0.4, -0.2) is 67.4 Å². The molecule has 11 nitrogen and oxygen atoms in total. The number of hydrogen-bond donors (Lipinski definition) is 3. The summed E-state index contributed by atoms with van der Waals surface area (Å²) in [5.74, 6) is 2.25. The van der Waals surface area contributed by atoms with Crippen molar-refractivity contribution in [3.05, 3.63) is 23.8 Å². The number of ether oxygens (including phenoxy) is 5. The van der Waals surface area contributed by atoms with Crippen molar-refractivity contribution in [3.63, 3.8) is 0 Å². The summed E-state index contributed by atoms with van der Waals surface area (Å²) in [6, 6.07) is 5.99. The molecule has 11 heteroatoms. The van der Waals surface area contributed by atoms with Crippen LogP contribution in [0.1, 0.15) is 19.4 Å². The van der Waals surface area contributed by atoms with Gasteiger partial charge in [-0.05, 0) is 19.9 Å². The Labute approximate surface area is 181 Å². The minimum atomic E-state index is -0.0668. The third kappa shape index (κ3) is 7.39. The van der Waals surface area contributed by atoms with Gasteiger partial charge in [0.15, 0.2) is 11.5 Å². The van der Waals surface area contributed by atoms with E-state index in [9.17, 15) is 0 Å². The Kier molecular flexibility index (Phi) is 8.88. The predicted octanol–water partition coefficient (Wildman–Crippen LogP) is 1.40.